The minimum absolute atomic E-state index is 0.284. The second kappa shape index (κ2) is 6.01. The van der Waals surface area contributed by atoms with Crippen molar-refractivity contribution in [2.45, 2.75) is 19.4 Å². The van der Waals surface area contributed by atoms with Crippen LogP contribution in [0.5, 0.6) is 5.75 Å². The van der Waals surface area contributed by atoms with E-state index in [1.165, 1.54) is 12.1 Å². The summed E-state index contributed by atoms with van der Waals surface area (Å²) in [7, 11) is 1.57. The van der Waals surface area contributed by atoms with Crippen LogP contribution in [0.3, 0.4) is 0 Å². The minimum Gasteiger partial charge on any atom is -0.496 e. The second-order valence-corrected chi connectivity index (χ2v) is 4.79. The molecule has 20 heavy (non-hydrogen) atoms. The molecule has 0 spiro atoms. The first-order valence-electron chi connectivity index (χ1n) is 6.35. The Morgan fingerprint density at radius 2 is 1.90 bits per heavy atom. The van der Waals surface area contributed by atoms with Gasteiger partial charge in [-0.1, -0.05) is 23.8 Å². The van der Waals surface area contributed by atoms with Crippen LogP contribution in [0, 0.1) is 18.6 Å². The molecule has 106 valence electrons. The van der Waals surface area contributed by atoms with Crippen molar-refractivity contribution in [3.05, 3.63) is 64.7 Å². The normalized spacial score (nSPS) is 12.2. The van der Waals surface area contributed by atoms with Gasteiger partial charge in [0, 0.05) is 17.7 Å². The van der Waals surface area contributed by atoms with E-state index in [-0.39, 0.29) is 6.42 Å². The van der Waals surface area contributed by atoms with Crippen LogP contribution in [0.25, 0.3) is 0 Å². The number of ether oxygens (including phenoxy) is 1. The summed E-state index contributed by atoms with van der Waals surface area (Å²) >= 11 is 0. The summed E-state index contributed by atoms with van der Waals surface area (Å²) in [6.45, 7) is 1.95. The third kappa shape index (κ3) is 3.14. The van der Waals surface area contributed by atoms with Crippen molar-refractivity contribution in [2.75, 3.05) is 7.11 Å². The molecule has 0 bridgehead atoms. The largest absolute Gasteiger partial charge is 0.496 e. The Balaban J connectivity index is 2.27. The molecule has 0 saturated carbocycles. The Kier molecular flexibility index (Phi) is 4.35. The van der Waals surface area contributed by atoms with Crippen LogP contribution in [0.1, 0.15) is 22.7 Å². The fourth-order valence-electron chi connectivity index (χ4n) is 2.18. The van der Waals surface area contributed by atoms with Gasteiger partial charge in [-0.3, -0.25) is 0 Å². The molecule has 0 amide bonds. The number of rotatable bonds is 4. The first-order chi connectivity index (χ1) is 9.51. The van der Waals surface area contributed by atoms with Gasteiger partial charge in [0.2, 0.25) is 0 Å². The smallest absolute Gasteiger partial charge is 0.129 e. The lowest BCUT2D eigenvalue weighted by Gasteiger charge is -2.17. The second-order valence-electron chi connectivity index (χ2n) is 4.79. The van der Waals surface area contributed by atoms with Gasteiger partial charge >= 0.3 is 0 Å². The third-order valence-electron chi connectivity index (χ3n) is 3.24. The van der Waals surface area contributed by atoms with Crippen LogP contribution in [-0.2, 0) is 6.42 Å². The quantitative estimate of drug-likeness (QED) is 0.928. The first-order valence-corrected chi connectivity index (χ1v) is 6.35. The number of nitrogens with two attached hydrogens (primary N) is 1. The van der Waals surface area contributed by atoms with Gasteiger partial charge in [0.1, 0.15) is 17.4 Å². The van der Waals surface area contributed by atoms with Gasteiger partial charge in [0.05, 0.1) is 7.11 Å². The summed E-state index contributed by atoms with van der Waals surface area (Å²) in [6, 6.07) is 8.80. The Hall–Kier alpha value is -1.94. The van der Waals surface area contributed by atoms with E-state index >= 15 is 0 Å². The third-order valence-corrected chi connectivity index (χ3v) is 3.24. The highest BCUT2D eigenvalue weighted by molar-refractivity contribution is 5.40. The van der Waals surface area contributed by atoms with Crippen molar-refractivity contribution >= 4 is 0 Å². The van der Waals surface area contributed by atoms with Gasteiger partial charge in [0.15, 0.2) is 0 Å². The van der Waals surface area contributed by atoms with Gasteiger partial charge < -0.3 is 10.5 Å². The molecule has 2 aromatic rings. The van der Waals surface area contributed by atoms with E-state index in [4.69, 9.17) is 10.5 Å². The molecule has 0 heterocycles. The number of methoxy groups -OCH3 is 1. The Morgan fingerprint density at radius 3 is 2.55 bits per heavy atom. The van der Waals surface area contributed by atoms with Crippen LogP contribution >= 0.6 is 0 Å². The topological polar surface area (TPSA) is 35.2 Å². The molecule has 4 heteroatoms. The summed E-state index contributed by atoms with van der Waals surface area (Å²) in [5.41, 5.74) is 8.40. The molecule has 0 saturated heterocycles. The molecule has 1 unspecified atom stereocenters. The number of hydrogen-bond donors (Lipinski definition) is 1. The predicted molar refractivity (Wildman–Crippen MR) is 74.7 cm³/mol. The number of hydrogen-bond acceptors (Lipinski definition) is 2. The van der Waals surface area contributed by atoms with Crippen LogP contribution in [0.2, 0.25) is 0 Å². The van der Waals surface area contributed by atoms with E-state index < -0.39 is 17.7 Å². The highest BCUT2D eigenvalue weighted by Crippen LogP contribution is 2.27. The average Bonchev–Trinajstić information content (AvgIpc) is 2.41. The minimum atomic E-state index is -0.590. The lowest BCUT2D eigenvalue weighted by molar-refractivity contribution is 0.405. The van der Waals surface area contributed by atoms with Crippen molar-refractivity contribution < 1.29 is 13.5 Å². The summed E-state index contributed by atoms with van der Waals surface area (Å²) in [5.74, 6) is -0.495. The Bertz CT molecular complexity index is 613. The van der Waals surface area contributed by atoms with Crippen LogP contribution < -0.4 is 10.5 Å². The van der Waals surface area contributed by atoms with Crippen molar-refractivity contribution in [1.29, 1.82) is 0 Å². The van der Waals surface area contributed by atoms with E-state index in [2.05, 4.69) is 0 Å². The van der Waals surface area contributed by atoms with Crippen molar-refractivity contribution in [1.82, 2.24) is 0 Å². The molecule has 2 nitrogen and oxygen atoms in total. The molecule has 2 aromatic carbocycles. The molecule has 1 atom stereocenters. The fraction of sp³-hybridized carbons (Fsp3) is 0.250. The van der Waals surface area contributed by atoms with E-state index in [0.717, 1.165) is 17.2 Å². The monoisotopic (exact) mass is 277 g/mol. The lowest BCUT2D eigenvalue weighted by atomic mass is 9.97. The molecule has 0 fully saturated rings. The van der Waals surface area contributed by atoms with E-state index in [0.29, 0.717) is 11.3 Å². The Morgan fingerprint density at radius 1 is 1.15 bits per heavy atom. The zero-order valence-electron chi connectivity index (χ0n) is 11.5. The van der Waals surface area contributed by atoms with Crippen molar-refractivity contribution in [3.8, 4) is 5.75 Å². The van der Waals surface area contributed by atoms with Gasteiger partial charge in [-0.25, -0.2) is 8.78 Å². The summed E-state index contributed by atoms with van der Waals surface area (Å²) in [6.07, 6.45) is 0.284. The number of aryl methyl sites for hydroxylation is 1. The summed E-state index contributed by atoms with van der Waals surface area (Å²) in [4.78, 5) is 0. The van der Waals surface area contributed by atoms with Gasteiger partial charge in [-0.05, 0) is 31.0 Å². The number of benzene rings is 2. The maximum absolute atomic E-state index is 13.7. The van der Waals surface area contributed by atoms with Crippen molar-refractivity contribution in [2.24, 2.45) is 5.73 Å². The lowest BCUT2D eigenvalue weighted by Crippen LogP contribution is -2.15. The summed E-state index contributed by atoms with van der Waals surface area (Å²) < 4.78 is 31.8. The SMILES string of the molecule is COc1ccc(C)cc1C(N)Cc1ccc(F)cc1F. The van der Waals surface area contributed by atoms with Crippen molar-refractivity contribution in [3.63, 3.8) is 0 Å². The fourth-order valence-corrected chi connectivity index (χ4v) is 2.18. The maximum atomic E-state index is 13.7. The molecular formula is C16H17F2NO. The van der Waals surface area contributed by atoms with Crippen LogP contribution in [-0.4, -0.2) is 7.11 Å². The molecular weight excluding hydrogens is 260 g/mol. The Labute approximate surface area is 117 Å². The average molecular weight is 277 g/mol. The predicted octanol–water partition coefficient (Wildman–Crippen LogP) is 3.52. The van der Waals surface area contributed by atoms with Gasteiger partial charge in [-0.15, -0.1) is 0 Å². The molecule has 0 aliphatic carbocycles. The molecule has 2 N–H and O–H groups in total. The van der Waals surface area contributed by atoms with Crippen LogP contribution in [0.15, 0.2) is 36.4 Å². The molecule has 2 rings (SSSR count). The molecule has 0 radical (unpaired) electrons. The highest BCUT2D eigenvalue weighted by atomic mass is 19.1. The highest BCUT2D eigenvalue weighted by Gasteiger charge is 2.15. The number of halogens is 2. The zero-order valence-corrected chi connectivity index (χ0v) is 11.5. The molecule has 0 aliphatic heterocycles. The zero-order chi connectivity index (χ0) is 14.7. The first kappa shape index (κ1) is 14.5. The van der Waals surface area contributed by atoms with Gasteiger partial charge in [0.25, 0.3) is 0 Å². The van der Waals surface area contributed by atoms with Gasteiger partial charge in [-0.2, -0.15) is 0 Å². The standard InChI is InChI=1S/C16H17F2NO/c1-10-3-6-16(20-2)13(7-10)15(19)8-11-4-5-12(17)9-14(11)18/h3-7,9,15H,8,19H2,1-2H3. The van der Waals surface area contributed by atoms with E-state index in [1.807, 2.05) is 25.1 Å². The summed E-state index contributed by atoms with van der Waals surface area (Å²) in [5, 5.41) is 0. The maximum Gasteiger partial charge on any atom is 0.129 e. The molecule has 0 aliphatic rings. The van der Waals surface area contributed by atoms with Crippen LogP contribution in [0.4, 0.5) is 8.78 Å². The van der Waals surface area contributed by atoms with E-state index in [9.17, 15) is 8.78 Å². The van der Waals surface area contributed by atoms with E-state index in [1.54, 1.807) is 7.11 Å². The molecule has 0 aromatic heterocycles.